The van der Waals surface area contributed by atoms with Crippen LogP contribution in [0.4, 0.5) is 0 Å². The fourth-order valence-corrected chi connectivity index (χ4v) is 3.54. The molecule has 1 aliphatic heterocycles. The fourth-order valence-electron chi connectivity index (χ4n) is 2.63. The molecule has 22 heavy (non-hydrogen) atoms. The number of likely N-dealkylation sites (tertiary alicyclic amines) is 1. The van der Waals surface area contributed by atoms with Crippen LogP contribution in [0.15, 0.2) is 29.3 Å². The van der Waals surface area contributed by atoms with Crippen molar-refractivity contribution in [3.05, 3.63) is 24.4 Å². The Morgan fingerprint density at radius 3 is 2.91 bits per heavy atom. The van der Waals surface area contributed by atoms with Crippen molar-refractivity contribution >= 4 is 22.8 Å². The van der Waals surface area contributed by atoms with Crippen molar-refractivity contribution in [2.75, 3.05) is 32.5 Å². The second-order valence-electron chi connectivity index (χ2n) is 5.59. The number of nitrogens with zero attached hydrogens (tertiary/aromatic N) is 3. The van der Waals surface area contributed by atoms with E-state index < -0.39 is 0 Å². The molecule has 5 nitrogen and oxygen atoms in total. The van der Waals surface area contributed by atoms with Crippen LogP contribution in [0.1, 0.15) is 12.8 Å². The number of rotatable bonds is 5. The Hall–Kier alpha value is -1.37. The van der Waals surface area contributed by atoms with Crippen LogP contribution in [0.2, 0.25) is 0 Å². The molecule has 0 spiro atoms. The van der Waals surface area contributed by atoms with E-state index in [1.165, 1.54) is 0 Å². The highest BCUT2D eigenvalue weighted by atomic mass is 32.2. The smallest absolute Gasteiger partial charge is 0.213 e. The Kier molecular flexibility index (Phi) is 5.12. The monoisotopic (exact) mass is 318 g/mol. The van der Waals surface area contributed by atoms with Gasteiger partial charge in [-0.3, -0.25) is 4.98 Å². The lowest BCUT2D eigenvalue weighted by molar-refractivity contribution is 0.225. The first-order chi connectivity index (χ1) is 10.7. The third kappa shape index (κ3) is 3.88. The Bertz CT molecular complexity index is 629. The first-order valence-electron chi connectivity index (χ1n) is 7.66. The molecule has 0 aromatic carbocycles. The maximum absolute atomic E-state index is 5.94. The Balaban J connectivity index is 1.57. The van der Waals surface area contributed by atoms with Gasteiger partial charge in [0.25, 0.3) is 0 Å². The molecule has 0 aliphatic carbocycles. The van der Waals surface area contributed by atoms with Crippen molar-refractivity contribution in [2.45, 2.75) is 23.8 Å². The van der Waals surface area contributed by atoms with Crippen LogP contribution < -0.4 is 10.5 Å². The first kappa shape index (κ1) is 15.5. The van der Waals surface area contributed by atoms with Crippen molar-refractivity contribution in [2.24, 2.45) is 5.73 Å². The molecule has 0 atom stereocenters. The second kappa shape index (κ2) is 7.26. The highest BCUT2D eigenvalue weighted by Gasteiger charge is 2.15. The van der Waals surface area contributed by atoms with Gasteiger partial charge < -0.3 is 15.4 Å². The van der Waals surface area contributed by atoms with Gasteiger partial charge in [-0.15, -0.1) is 11.8 Å². The van der Waals surface area contributed by atoms with E-state index in [0.29, 0.717) is 11.9 Å². The summed E-state index contributed by atoms with van der Waals surface area (Å²) in [5, 5.41) is 0. The van der Waals surface area contributed by atoms with Crippen molar-refractivity contribution < 1.29 is 4.74 Å². The lowest BCUT2D eigenvalue weighted by Gasteiger charge is -2.29. The summed E-state index contributed by atoms with van der Waals surface area (Å²) < 4.78 is 5.17. The molecule has 0 radical (unpaired) electrons. The summed E-state index contributed by atoms with van der Waals surface area (Å²) >= 11 is 1.83. The highest BCUT2D eigenvalue weighted by molar-refractivity contribution is 7.99. The average Bonchev–Trinajstić information content (AvgIpc) is 2.56. The Labute approximate surface area is 135 Å². The maximum Gasteiger partial charge on any atom is 0.213 e. The third-order valence-corrected chi connectivity index (χ3v) is 4.95. The number of thioether (sulfide) groups is 1. The summed E-state index contributed by atoms with van der Waals surface area (Å²) in [7, 11) is 1.63. The molecule has 6 heteroatoms. The number of hydrogen-bond acceptors (Lipinski definition) is 6. The average molecular weight is 318 g/mol. The highest BCUT2D eigenvalue weighted by Crippen LogP contribution is 2.22. The SMILES string of the molecule is COc1ccc2ncc(SCCN3CCC(N)CC3)cc2n1. The van der Waals surface area contributed by atoms with Crippen molar-refractivity contribution in [3.63, 3.8) is 0 Å². The van der Waals surface area contributed by atoms with E-state index in [-0.39, 0.29) is 0 Å². The molecule has 2 aromatic rings. The van der Waals surface area contributed by atoms with E-state index in [4.69, 9.17) is 10.5 Å². The molecule has 2 N–H and O–H groups in total. The summed E-state index contributed by atoms with van der Waals surface area (Å²) in [4.78, 5) is 12.5. The van der Waals surface area contributed by atoms with Gasteiger partial charge in [-0.25, -0.2) is 4.98 Å². The van der Waals surface area contributed by atoms with Crippen LogP contribution in [0, 0.1) is 0 Å². The number of fused-ring (bicyclic) bond motifs is 1. The van der Waals surface area contributed by atoms with Crippen molar-refractivity contribution in [3.8, 4) is 5.88 Å². The minimum absolute atomic E-state index is 0.398. The summed E-state index contributed by atoms with van der Waals surface area (Å²) in [5.74, 6) is 1.69. The number of hydrogen-bond donors (Lipinski definition) is 1. The summed E-state index contributed by atoms with van der Waals surface area (Å²) in [6, 6.07) is 6.26. The van der Waals surface area contributed by atoms with E-state index >= 15 is 0 Å². The molecular weight excluding hydrogens is 296 g/mol. The van der Waals surface area contributed by atoms with E-state index in [9.17, 15) is 0 Å². The molecule has 0 saturated carbocycles. The number of pyridine rings is 2. The van der Waals surface area contributed by atoms with Gasteiger partial charge in [0.2, 0.25) is 5.88 Å². The van der Waals surface area contributed by atoms with Gasteiger partial charge in [0.1, 0.15) is 0 Å². The zero-order chi connectivity index (χ0) is 15.4. The minimum Gasteiger partial charge on any atom is -0.481 e. The predicted molar refractivity (Wildman–Crippen MR) is 90.5 cm³/mol. The van der Waals surface area contributed by atoms with Crippen LogP contribution in [-0.2, 0) is 0 Å². The molecule has 1 aliphatic rings. The molecule has 2 aromatic heterocycles. The van der Waals surface area contributed by atoms with Gasteiger partial charge in [-0.1, -0.05) is 0 Å². The molecule has 0 bridgehead atoms. The number of nitrogens with two attached hydrogens (primary N) is 1. The fraction of sp³-hybridized carbons (Fsp3) is 0.500. The van der Waals surface area contributed by atoms with E-state index in [1.807, 2.05) is 30.1 Å². The zero-order valence-electron chi connectivity index (χ0n) is 12.9. The predicted octanol–water partition coefficient (Wildman–Crippen LogP) is 2.15. The van der Waals surface area contributed by atoms with Gasteiger partial charge in [-0.2, -0.15) is 0 Å². The lowest BCUT2D eigenvalue weighted by Crippen LogP contribution is -2.40. The number of ether oxygens (including phenoxy) is 1. The van der Waals surface area contributed by atoms with Gasteiger partial charge in [0.15, 0.2) is 0 Å². The first-order valence-corrected chi connectivity index (χ1v) is 8.65. The standard InChI is InChI=1S/C16H22N4OS/c1-21-16-3-2-14-15(19-16)10-13(11-18-14)22-9-8-20-6-4-12(17)5-7-20/h2-3,10-12H,4-9,17H2,1H3. The van der Waals surface area contributed by atoms with Gasteiger partial charge in [0, 0.05) is 35.5 Å². The topological polar surface area (TPSA) is 64.3 Å². The molecular formula is C16H22N4OS. The minimum atomic E-state index is 0.398. The van der Waals surface area contributed by atoms with Crippen LogP contribution in [0.25, 0.3) is 11.0 Å². The van der Waals surface area contributed by atoms with Gasteiger partial charge >= 0.3 is 0 Å². The van der Waals surface area contributed by atoms with E-state index in [1.54, 1.807) is 7.11 Å². The Morgan fingerprint density at radius 1 is 1.32 bits per heavy atom. The molecule has 1 fully saturated rings. The van der Waals surface area contributed by atoms with Gasteiger partial charge in [-0.05, 0) is 38.1 Å². The van der Waals surface area contributed by atoms with E-state index in [2.05, 4.69) is 20.9 Å². The Morgan fingerprint density at radius 2 is 2.14 bits per heavy atom. The second-order valence-corrected chi connectivity index (χ2v) is 6.76. The summed E-state index contributed by atoms with van der Waals surface area (Å²) in [6.45, 7) is 3.34. The number of aromatic nitrogens is 2. The van der Waals surface area contributed by atoms with Crippen LogP contribution >= 0.6 is 11.8 Å². The molecule has 3 rings (SSSR count). The quantitative estimate of drug-likeness (QED) is 0.852. The molecule has 0 amide bonds. The number of methoxy groups -OCH3 is 1. The number of piperidine rings is 1. The zero-order valence-corrected chi connectivity index (χ0v) is 13.7. The molecule has 0 unspecified atom stereocenters. The van der Waals surface area contributed by atoms with Crippen LogP contribution in [-0.4, -0.2) is 53.4 Å². The van der Waals surface area contributed by atoms with Crippen molar-refractivity contribution in [1.82, 2.24) is 14.9 Å². The van der Waals surface area contributed by atoms with Crippen LogP contribution in [0.3, 0.4) is 0 Å². The molecule has 3 heterocycles. The van der Waals surface area contributed by atoms with Gasteiger partial charge in [0.05, 0.1) is 18.1 Å². The van der Waals surface area contributed by atoms with Crippen LogP contribution in [0.5, 0.6) is 5.88 Å². The summed E-state index contributed by atoms with van der Waals surface area (Å²) in [5.41, 5.74) is 7.72. The lowest BCUT2D eigenvalue weighted by atomic mass is 10.1. The third-order valence-electron chi connectivity index (χ3n) is 4.00. The molecule has 118 valence electrons. The normalized spacial score (nSPS) is 17.0. The summed E-state index contributed by atoms with van der Waals surface area (Å²) in [6.07, 6.45) is 4.16. The van der Waals surface area contributed by atoms with Crippen molar-refractivity contribution in [1.29, 1.82) is 0 Å². The van der Waals surface area contributed by atoms with E-state index in [0.717, 1.165) is 54.2 Å². The largest absolute Gasteiger partial charge is 0.481 e. The maximum atomic E-state index is 5.94. The molecule has 1 saturated heterocycles.